The van der Waals surface area contributed by atoms with Crippen LogP contribution in [0.4, 0.5) is 0 Å². The van der Waals surface area contributed by atoms with Gasteiger partial charge >= 0.3 is 0 Å². The Hall–Kier alpha value is -1.10. The van der Waals surface area contributed by atoms with E-state index in [0.717, 1.165) is 10.1 Å². The lowest BCUT2D eigenvalue weighted by molar-refractivity contribution is 0.113. The number of fused-ring (bicyclic) bond motifs is 1. The van der Waals surface area contributed by atoms with Gasteiger partial charge in [0.05, 0.1) is 5.52 Å². The number of aromatic nitrogens is 3. The number of hydrogen-bond acceptors (Lipinski definition) is 3. The zero-order valence-corrected chi connectivity index (χ0v) is 11.4. The van der Waals surface area contributed by atoms with Gasteiger partial charge in [0.2, 0.25) is 0 Å². The van der Waals surface area contributed by atoms with Gasteiger partial charge in [-0.05, 0) is 48.8 Å². The van der Waals surface area contributed by atoms with E-state index in [9.17, 15) is 0 Å². The van der Waals surface area contributed by atoms with Crippen LogP contribution in [0.5, 0.6) is 6.01 Å². The molecular weight excluding hydrogens is 270 g/mol. The molecule has 2 aromatic heterocycles. The molecule has 0 fully saturated rings. The maximum atomic E-state index is 5.75. The molecule has 0 aliphatic heterocycles. The molecular formula is C11H14BrN3O. The van der Waals surface area contributed by atoms with E-state index >= 15 is 0 Å². The Bertz CT molecular complexity index is 528. The molecule has 0 atom stereocenters. The first kappa shape index (κ1) is 11.4. The van der Waals surface area contributed by atoms with Crippen LogP contribution in [0.1, 0.15) is 20.8 Å². The summed E-state index contributed by atoms with van der Waals surface area (Å²) < 4.78 is 8.43. The second kappa shape index (κ2) is 3.73. The third-order valence-electron chi connectivity index (χ3n) is 2.07. The minimum atomic E-state index is -0.258. The molecule has 0 aliphatic carbocycles. The maximum absolute atomic E-state index is 5.75. The van der Waals surface area contributed by atoms with E-state index in [0.29, 0.717) is 11.7 Å². The zero-order valence-electron chi connectivity index (χ0n) is 9.78. The summed E-state index contributed by atoms with van der Waals surface area (Å²) in [6, 6.07) is 4.45. The molecule has 0 unspecified atom stereocenters. The number of ether oxygens (including phenoxy) is 1. The Balaban J connectivity index is 2.52. The van der Waals surface area contributed by atoms with Crippen LogP contribution in [0, 0.1) is 0 Å². The number of nitrogens with zero attached hydrogens (tertiary/aromatic N) is 3. The second-order valence-electron chi connectivity index (χ2n) is 4.64. The molecule has 16 heavy (non-hydrogen) atoms. The first-order valence-electron chi connectivity index (χ1n) is 5.05. The Morgan fingerprint density at radius 3 is 2.56 bits per heavy atom. The number of pyridine rings is 1. The molecule has 0 bridgehead atoms. The predicted molar refractivity (Wildman–Crippen MR) is 66.6 cm³/mol. The second-order valence-corrected chi connectivity index (χ2v) is 5.46. The third kappa shape index (κ3) is 2.19. The van der Waals surface area contributed by atoms with E-state index in [1.165, 1.54) is 0 Å². The van der Waals surface area contributed by atoms with Crippen LogP contribution in [0.3, 0.4) is 0 Å². The average molecular weight is 284 g/mol. The van der Waals surface area contributed by atoms with Gasteiger partial charge in [0.25, 0.3) is 6.01 Å². The lowest BCUT2D eigenvalue weighted by atomic mass is 10.2. The molecule has 2 aromatic rings. The molecule has 0 saturated heterocycles. The summed E-state index contributed by atoms with van der Waals surface area (Å²) in [5.41, 5.74) is 1.39. The van der Waals surface area contributed by atoms with Gasteiger partial charge in [0, 0.05) is 7.05 Å². The molecule has 0 radical (unpaired) electrons. The molecule has 5 heteroatoms. The zero-order chi connectivity index (χ0) is 11.9. The molecule has 0 N–H and O–H groups in total. The molecule has 0 amide bonds. The summed E-state index contributed by atoms with van der Waals surface area (Å²) in [6.07, 6.45) is 0. The minimum absolute atomic E-state index is 0.258. The minimum Gasteiger partial charge on any atom is -0.459 e. The van der Waals surface area contributed by atoms with Crippen LogP contribution in [0.25, 0.3) is 11.2 Å². The average Bonchev–Trinajstić information content (AvgIpc) is 2.40. The molecule has 2 heterocycles. The van der Waals surface area contributed by atoms with Crippen molar-refractivity contribution in [3.05, 3.63) is 16.7 Å². The highest BCUT2D eigenvalue weighted by Gasteiger charge is 2.17. The number of hydrogen-bond donors (Lipinski definition) is 0. The van der Waals surface area contributed by atoms with E-state index < -0.39 is 0 Å². The van der Waals surface area contributed by atoms with Crippen molar-refractivity contribution in [2.45, 2.75) is 26.4 Å². The van der Waals surface area contributed by atoms with Crippen LogP contribution in [0.15, 0.2) is 16.7 Å². The van der Waals surface area contributed by atoms with Crippen molar-refractivity contribution in [1.82, 2.24) is 14.5 Å². The highest BCUT2D eigenvalue weighted by molar-refractivity contribution is 9.10. The smallest absolute Gasteiger partial charge is 0.299 e. The summed E-state index contributed by atoms with van der Waals surface area (Å²) in [5.74, 6) is 0. The van der Waals surface area contributed by atoms with E-state index in [4.69, 9.17) is 4.74 Å². The lowest BCUT2D eigenvalue weighted by Crippen LogP contribution is -2.24. The summed E-state index contributed by atoms with van der Waals surface area (Å²) in [6.45, 7) is 5.99. The van der Waals surface area contributed by atoms with E-state index in [1.807, 2.05) is 44.5 Å². The summed E-state index contributed by atoms with van der Waals surface area (Å²) in [7, 11) is 1.92. The Labute approximate surface area is 103 Å². The van der Waals surface area contributed by atoms with Crippen molar-refractivity contribution < 1.29 is 4.74 Å². The number of imidazole rings is 1. The van der Waals surface area contributed by atoms with E-state index in [1.54, 1.807) is 0 Å². The van der Waals surface area contributed by atoms with Crippen LogP contribution in [0.2, 0.25) is 0 Å². The topological polar surface area (TPSA) is 39.9 Å². The fourth-order valence-corrected chi connectivity index (χ4v) is 1.70. The number of halogens is 1. The standard InChI is InChI=1S/C11H14BrN3O/c1-11(2,3)16-10-14-9-7(15(10)4)5-6-8(12)13-9/h5-6H,1-4H3. The van der Waals surface area contributed by atoms with E-state index in [2.05, 4.69) is 25.9 Å². The Kier molecular flexibility index (Phi) is 2.66. The highest BCUT2D eigenvalue weighted by atomic mass is 79.9. The fraction of sp³-hybridized carbons (Fsp3) is 0.455. The largest absolute Gasteiger partial charge is 0.459 e. The Morgan fingerprint density at radius 1 is 1.25 bits per heavy atom. The van der Waals surface area contributed by atoms with Crippen molar-refractivity contribution in [2.75, 3.05) is 0 Å². The predicted octanol–water partition coefficient (Wildman–Crippen LogP) is 2.91. The molecule has 0 spiro atoms. The van der Waals surface area contributed by atoms with Crippen LogP contribution >= 0.6 is 15.9 Å². The van der Waals surface area contributed by atoms with Crippen molar-refractivity contribution >= 4 is 27.1 Å². The fourth-order valence-electron chi connectivity index (χ4n) is 1.40. The quantitative estimate of drug-likeness (QED) is 0.756. The highest BCUT2D eigenvalue weighted by Crippen LogP contribution is 2.23. The van der Waals surface area contributed by atoms with Crippen molar-refractivity contribution in [2.24, 2.45) is 7.05 Å². The van der Waals surface area contributed by atoms with Crippen LogP contribution in [-0.4, -0.2) is 20.1 Å². The molecule has 0 aliphatic rings. The summed E-state index contributed by atoms with van der Waals surface area (Å²) >= 11 is 3.33. The molecule has 2 rings (SSSR count). The van der Waals surface area contributed by atoms with Crippen LogP contribution in [-0.2, 0) is 7.05 Å². The SMILES string of the molecule is Cn1c(OC(C)(C)C)nc2nc(Br)ccc21. The first-order valence-corrected chi connectivity index (χ1v) is 5.84. The van der Waals surface area contributed by atoms with Gasteiger partial charge < -0.3 is 4.74 Å². The van der Waals surface area contributed by atoms with Crippen molar-refractivity contribution in [1.29, 1.82) is 0 Å². The van der Waals surface area contributed by atoms with Gasteiger partial charge in [-0.1, -0.05) is 0 Å². The van der Waals surface area contributed by atoms with Crippen molar-refractivity contribution in [3.8, 4) is 6.01 Å². The van der Waals surface area contributed by atoms with Gasteiger partial charge in [0.1, 0.15) is 10.2 Å². The molecule has 4 nitrogen and oxygen atoms in total. The van der Waals surface area contributed by atoms with Crippen molar-refractivity contribution in [3.63, 3.8) is 0 Å². The molecule has 86 valence electrons. The van der Waals surface area contributed by atoms with Gasteiger partial charge in [0.15, 0.2) is 5.65 Å². The monoisotopic (exact) mass is 283 g/mol. The lowest BCUT2D eigenvalue weighted by Gasteiger charge is -2.19. The maximum Gasteiger partial charge on any atom is 0.299 e. The molecule has 0 aromatic carbocycles. The Morgan fingerprint density at radius 2 is 1.94 bits per heavy atom. The van der Waals surface area contributed by atoms with Gasteiger partial charge in [-0.15, -0.1) is 0 Å². The van der Waals surface area contributed by atoms with Gasteiger partial charge in [-0.2, -0.15) is 4.98 Å². The number of rotatable bonds is 1. The first-order chi connectivity index (χ1) is 7.37. The van der Waals surface area contributed by atoms with Gasteiger partial charge in [-0.25, -0.2) is 4.98 Å². The third-order valence-corrected chi connectivity index (χ3v) is 2.51. The summed E-state index contributed by atoms with van der Waals surface area (Å²) in [4.78, 5) is 8.65. The normalized spacial score (nSPS) is 12.1. The number of aryl methyl sites for hydroxylation is 1. The van der Waals surface area contributed by atoms with Gasteiger partial charge in [-0.3, -0.25) is 4.57 Å². The van der Waals surface area contributed by atoms with E-state index in [-0.39, 0.29) is 5.60 Å². The van der Waals surface area contributed by atoms with Crippen LogP contribution < -0.4 is 4.74 Å². The summed E-state index contributed by atoms with van der Waals surface area (Å²) in [5, 5.41) is 0. The molecule has 0 saturated carbocycles.